The molecule has 1 N–H and O–H groups in total. The van der Waals surface area contributed by atoms with Gasteiger partial charge in [-0.1, -0.05) is 81.8 Å². The van der Waals surface area contributed by atoms with Gasteiger partial charge in [-0.3, -0.25) is 9.59 Å². The predicted octanol–water partition coefficient (Wildman–Crippen LogP) is 5.88. The van der Waals surface area contributed by atoms with E-state index in [1.807, 2.05) is 54.6 Å². The van der Waals surface area contributed by atoms with Crippen LogP contribution in [0.25, 0.3) is 0 Å². The maximum atomic E-state index is 13.6. The third kappa shape index (κ3) is 8.74. The number of nitrogens with one attached hydrogen (secondary N) is 1. The zero-order valence-electron chi connectivity index (χ0n) is 22.0. The van der Waals surface area contributed by atoms with Crippen molar-refractivity contribution in [1.29, 1.82) is 0 Å². The van der Waals surface area contributed by atoms with Crippen molar-refractivity contribution in [2.24, 2.45) is 0 Å². The molecule has 37 heavy (non-hydrogen) atoms. The minimum absolute atomic E-state index is 0.160. The van der Waals surface area contributed by atoms with Gasteiger partial charge in [-0.2, -0.15) is 0 Å². The van der Waals surface area contributed by atoms with Gasteiger partial charge in [0.25, 0.3) is 5.91 Å². The van der Waals surface area contributed by atoms with Crippen LogP contribution in [0.1, 0.15) is 56.2 Å². The van der Waals surface area contributed by atoms with E-state index in [2.05, 4.69) is 26.1 Å². The summed E-state index contributed by atoms with van der Waals surface area (Å²) >= 11 is 0. The summed E-state index contributed by atoms with van der Waals surface area (Å²) in [5.74, 6) is 0.101. The summed E-state index contributed by atoms with van der Waals surface area (Å²) in [5, 5.41) is 2.99. The molecule has 0 radical (unpaired) electrons. The summed E-state index contributed by atoms with van der Waals surface area (Å²) in [6.07, 6.45) is 2.16. The predicted molar refractivity (Wildman–Crippen MR) is 145 cm³/mol. The molecule has 3 aromatic rings. The van der Waals surface area contributed by atoms with Crippen LogP contribution in [0.4, 0.5) is 4.39 Å². The van der Waals surface area contributed by atoms with Gasteiger partial charge in [0, 0.05) is 19.5 Å². The lowest BCUT2D eigenvalue weighted by molar-refractivity contribution is -0.142. The largest absolute Gasteiger partial charge is 0.484 e. The van der Waals surface area contributed by atoms with Crippen molar-refractivity contribution in [3.8, 4) is 5.75 Å². The van der Waals surface area contributed by atoms with Gasteiger partial charge in [0.2, 0.25) is 5.91 Å². The van der Waals surface area contributed by atoms with E-state index >= 15 is 0 Å². The first-order valence-corrected chi connectivity index (χ1v) is 13.0. The number of halogens is 1. The molecular formula is C31H37FN2O3. The van der Waals surface area contributed by atoms with Crippen LogP contribution in [0.15, 0.2) is 78.9 Å². The van der Waals surface area contributed by atoms with E-state index in [0.717, 1.165) is 24.0 Å². The van der Waals surface area contributed by atoms with Crippen LogP contribution in [-0.2, 0) is 22.6 Å². The molecule has 0 saturated carbocycles. The summed E-state index contributed by atoms with van der Waals surface area (Å²) in [6.45, 7) is 6.78. The van der Waals surface area contributed by atoms with Crippen molar-refractivity contribution in [1.82, 2.24) is 10.2 Å². The normalized spacial score (nSPS) is 11.7. The second kappa shape index (κ2) is 14.2. The quantitative estimate of drug-likeness (QED) is 0.296. The molecule has 1 atom stereocenters. The number of hydrogen-bond acceptors (Lipinski definition) is 3. The maximum absolute atomic E-state index is 13.6. The van der Waals surface area contributed by atoms with E-state index in [0.29, 0.717) is 24.6 Å². The molecule has 0 bridgehead atoms. The minimum atomic E-state index is -0.747. The summed E-state index contributed by atoms with van der Waals surface area (Å²) in [5.41, 5.74) is 2.86. The summed E-state index contributed by atoms with van der Waals surface area (Å²) in [4.78, 5) is 28.5. The number of ether oxygens (including phenoxy) is 1. The zero-order valence-corrected chi connectivity index (χ0v) is 22.0. The monoisotopic (exact) mass is 504 g/mol. The van der Waals surface area contributed by atoms with E-state index in [9.17, 15) is 14.0 Å². The lowest BCUT2D eigenvalue weighted by Crippen LogP contribution is -2.51. The number of amides is 2. The highest BCUT2D eigenvalue weighted by molar-refractivity contribution is 5.88. The minimum Gasteiger partial charge on any atom is -0.484 e. The van der Waals surface area contributed by atoms with E-state index in [4.69, 9.17) is 4.74 Å². The van der Waals surface area contributed by atoms with Gasteiger partial charge in [-0.15, -0.1) is 0 Å². The molecule has 0 heterocycles. The Balaban J connectivity index is 1.85. The van der Waals surface area contributed by atoms with Crippen LogP contribution in [0.5, 0.6) is 5.75 Å². The molecule has 0 aliphatic carbocycles. The topological polar surface area (TPSA) is 58.6 Å². The van der Waals surface area contributed by atoms with Crippen molar-refractivity contribution in [3.05, 3.63) is 101 Å². The summed E-state index contributed by atoms with van der Waals surface area (Å²) < 4.78 is 19.4. The number of benzene rings is 3. The van der Waals surface area contributed by atoms with Gasteiger partial charge in [0.15, 0.2) is 6.61 Å². The number of hydrogen-bond donors (Lipinski definition) is 1. The van der Waals surface area contributed by atoms with Crippen LogP contribution in [0, 0.1) is 5.82 Å². The second-order valence-electron chi connectivity index (χ2n) is 9.51. The Bertz CT molecular complexity index is 1120. The zero-order chi connectivity index (χ0) is 26.6. The van der Waals surface area contributed by atoms with Gasteiger partial charge in [-0.05, 0) is 53.3 Å². The fraction of sp³-hybridized carbons (Fsp3) is 0.355. The molecule has 0 aliphatic rings. The van der Waals surface area contributed by atoms with Crippen molar-refractivity contribution in [2.45, 2.75) is 58.5 Å². The van der Waals surface area contributed by atoms with E-state index in [-0.39, 0.29) is 30.8 Å². The number of rotatable bonds is 13. The molecule has 6 heteroatoms. The Morgan fingerprint density at radius 2 is 1.59 bits per heavy atom. The molecule has 0 aromatic heterocycles. The Hall–Kier alpha value is -3.67. The molecular weight excluding hydrogens is 467 g/mol. The van der Waals surface area contributed by atoms with Gasteiger partial charge >= 0.3 is 0 Å². The maximum Gasteiger partial charge on any atom is 0.261 e. The van der Waals surface area contributed by atoms with E-state index in [1.165, 1.54) is 17.7 Å². The molecule has 5 nitrogen and oxygen atoms in total. The van der Waals surface area contributed by atoms with Crippen LogP contribution >= 0.6 is 0 Å². The van der Waals surface area contributed by atoms with Crippen LogP contribution in [0.3, 0.4) is 0 Å². The van der Waals surface area contributed by atoms with Crippen molar-refractivity contribution in [2.75, 3.05) is 13.2 Å². The molecule has 0 unspecified atom stereocenters. The third-order valence-electron chi connectivity index (χ3n) is 6.28. The van der Waals surface area contributed by atoms with Gasteiger partial charge < -0.3 is 15.0 Å². The molecule has 196 valence electrons. The first-order chi connectivity index (χ1) is 17.9. The fourth-order valence-electron chi connectivity index (χ4n) is 4.02. The summed E-state index contributed by atoms with van der Waals surface area (Å²) in [6, 6.07) is 22.6. The van der Waals surface area contributed by atoms with Crippen molar-refractivity contribution in [3.63, 3.8) is 0 Å². The van der Waals surface area contributed by atoms with Crippen LogP contribution in [-0.4, -0.2) is 35.9 Å². The highest BCUT2D eigenvalue weighted by atomic mass is 19.1. The molecule has 0 fully saturated rings. The number of carbonyl (C=O) groups excluding carboxylic acids is 2. The molecule has 0 spiro atoms. The third-order valence-corrected chi connectivity index (χ3v) is 6.28. The van der Waals surface area contributed by atoms with Crippen molar-refractivity contribution < 1.29 is 18.7 Å². The van der Waals surface area contributed by atoms with E-state index in [1.54, 1.807) is 17.0 Å². The Kier molecular flexibility index (Phi) is 10.7. The highest BCUT2D eigenvalue weighted by Crippen LogP contribution is 2.20. The van der Waals surface area contributed by atoms with Crippen molar-refractivity contribution >= 4 is 11.8 Å². The van der Waals surface area contributed by atoms with Crippen LogP contribution < -0.4 is 10.1 Å². The highest BCUT2D eigenvalue weighted by Gasteiger charge is 2.30. The molecule has 2 amide bonds. The van der Waals surface area contributed by atoms with Gasteiger partial charge in [0.1, 0.15) is 17.6 Å². The Labute approximate surface area is 219 Å². The SMILES string of the molecule is CCCCNC(=O)[C@@H](Cc1ccccc1)N(Cc1ccc(F)cc1)C(=O)COc1ccc(C(C)C)cc1. The lowest BCUT2D eigenvalue weighted by atomic mass is 10.0. The number of carbonyl (C=O) groups is 2. The van der Waals surface area contributed by atoms with Gasteiger partial charge in [0.05, 0.1) is 0 Å². The Morgan fingerprint density at radius 3 is 2.22 bits per heavy atom. The average Bonchev–Trinajstić information content (AvgIpc) is 2.91. The van der Waals surface area contributed by atoms with Crippen LogP contribution in [0.2, 0.25) is 0 Å². The fourth-order valence-corrected chi connectivity index (χ4v) is 4.02. The standard InChI is InChI=1S/C31H37FN2O3/c1-4-5-19-33-31(36)29(20-24-9-7-6-8-10-24)34(21-25-11-15-27(32)16-12-25)30(35)22-37-28-17-13-26(14-18-28)23(2)3/h6-18,23,29H,4-5,19-22H2,1-3H3,(H,33,36)/t29-/m1/s1. The Morgan fingerprint density at radius 1 is 0.919 bits per heavy atom. The van der Waals surface area contributed by atoms with E-state index < -0.39 is 6.04 Å². The number of unbranched alkanes of at least 4 members (excludes halogenated alkanes) is 1. The van der Waals surface area contributed by atoms with Gasteiger partial charge in [-0.25, -0.2) is 4.39 Å². The molecule has 3 rings (SSSR count). The first-order valence-electron chi connectivity index (χ1n) is 13.0. The molecule has 0 saturated heterocycles. The molecule has 0 aliphatic heterocycles. The first kappa shape index (κ1) is 27.9. The number of nitrogens with zero attached hydrogens (tertiary/aromatic N) is 1. The summed E-state index contributed by atoms with van der Waals surface area (Å²) in [7, 11) is 0. The lowest BCUT2D eigenvalue weighted by Gasteiger charge is -2.31. The second-order valence-corrected chi connectivity index (χ2v) is 9.51. The average molecular weight is 505 g/mol. The molecule has 3 aromatic carbocycles. The smallest absolute Gasteiger partial charge is 0.261 e.